The molecule has 2 aromatic rings. The molecule has 1 aliphatic rings. The van der Waals surface area contributed by atoms with Gasteiger partial charge in [-0.2, -0.15) is 23.5 Å². The number of nitrogens with one attached hydrogen (secondary N) is 1. The van der Waals surface area contributed by atoms with E-state index in [1.165, 1.54) is 12.4 Å². The van der Waals surface area contributed by atoms with Gasteiger partial charge in [0.2, 0.25) is 11.9 Å². The Labute approximate surface area is 198 Å². The van der Waals surface area contributed by atoms with Crippen molar-refractivity contribution in [3.05, 3.63) is 40.1 Å². The number of rotatable bonds is 9. The maximum Gasteiger partial charge on any atom is 0.425 e. The van der Waals surface area contributed by atoms with E-state index in [0.717, 1.165) is 6.20 Å². The molecule has 1 amide bonds. The summed E-state index contributed by atoms with van der Waals surface area (Å²) in [6.07, 6.45) is -1.54. The minimum absolute atomic E-state index is 0.0579. The third-order valence-electron chi connectivity index (χ3n) is 5.30. The number of piperazine rings is 1. The smallest absolute Gasteiger partial charge is 0.425 e. The second-order valence-electron chi connectivity index (χ2n) is 7.66. The van der Waals surface area contributed by atoms with Crippen LogP contribution in [0.1, 0.15) is 30.9 Å². The Morgan fingerprint density at radius 2 is 1.91 bits per heavy atom. The standard InChI is InChI=1S/C21H24F3N7O4/c1-2-15(35-16-12-28-29-19(33)18(16)21(22,23)24)13-34-8-3-17(32)30-4-6-31(7-5-30)20-26-10-14(9-25)11-27-20/h10-12,15H,2-8,13H2,1H3,(H,29,33)/t15-/m0/s1. The van der Waals surface area contributed by atoms with E-state index in [-0.39, 0.29) is 25.5 Å². The number of carbonyl (C=O) groups excluding carboxylic acids is 1. The zero-order valence-corrected chi connectivity index (χ0v) is 18.9. The number of hydrogen-bond donors (Lipinski definition) is 1. The van der Waals surface area contributed by atoms with Crippen molar-refractivity contribution in [1.82, 2.24) is 25.1 Å². The van der Waals surface area contributed by atoms with Gasteiger partial charge in [-0.25, -0.2) is 15.1 Å². The van der Waals surface area contributed by atoms with Crippen LogP contribution >= 0.6 is 0 Å². The Balaban J connectivity index is 1.42. The highest BCUT2D eigenvalue weighted by Gasteiger charge is 2.38. The first-order valence-electron chi connectivity index (χ1n) is 10.9. The fraction of sp³-hybridized carbons (Fsp3) is 0.524. The molecule has 11 nitrogen and oxygen atoms in total. The highest BCUT2D eigenvalue weighted by molar-refractivity contribution is 5.76. The molecule has 0 aromatic carbocycles. The number of anilines is 1. The fourth-order valence-electron chi connectivity index (χ4n) is 3.38. The van der Waals surface area contributed by atoms with Gasteiger partial charge in [0.25, 0.3) is 5.56 Å². The third kappa shape index (κ3) is 6.89. The summed E-state index contributed by atoms with van der Waals surface area (Å²) in [5.41, 5.74) is -2.47. The summed E-state index contributed by atoms with van der Waals surface area (Å²) >= 11 is 0. The van der Waals surface area contributed by atoms with Gasteiger partial charge in [-0.05, 0) is 6.42 Å². The molecule has 2 aromatic heterocycles. The zero-order chi connectivity index (χ0) is 25.4. The molecule has 35 heavy (non-hydrogen) atoms. The fourth-order valence-corrected chi connectivity index (χ4v) is 3.38. The molecule has 1 saturated heterocycles. The zero-order valence-electron chi connectivity index (χ0n) is 18.9. The highest BCUT2D eigenvalue weighted by Crippen LogP contribution is 2.33. The molecule has 1 fully saturated rings. The van der Waals surface area contributed by atoms with Crippen LogP contribution in [0, 0.1) is 11.3 Å². The van der Waals surface area contributed by atoms with E-state index >= 15 is 0 Å². The molecule has 0 bridgehead atoms. The van der Waals surface area contributed by atoms with E-state index in [2.05, 4.69) is 15.1 Å². The lowest BCUT2D eigenvalue weighted by molar-refractivity contribution is -0.141. The van der Waals surface area contributed by atoms with E-state index in [4.69, 9.17) is 14.7 Å². The molecule has 0 saturated carbocycles. The van der Waals surface area contributed by atoms with Gasteiger partial charge in [0, 0.05) is 26.2 Å². The molecule has 0 unspecified atom stereocenters. The lowest BCUT2D eigenvalue weighted by Gasteiger charge is -2.34. The first kappa shape index (κ1) is 25.9. The number of nitrogens with zero attached hydrogens (tertiary/aromatic N) is 6. The van der Waals surface area contributed by atoms with Crippen molar-refractivity contribution in [3.8, 4) is 11.8 Å². The Morgan fingerprint density at radius 3 is 2.51 bits per heavy atom. The summed E-state index contributed by atoms with van der Waals surface area (Å²) in [4.78, 5) is 36.0. The number of alkyl halides is 3. The molecule has 3 heterocycles. The second-order valence-corrected chi connectivity index (χ2v) is 7.66. The van der Waals surface area contributed by atoms with Crippen LogP contribution in [-0.4, -0.2) is 76.5 Å². The Hall–Kier alpha value is -3.73. The number of halogens is 3. The predicted octanol–water partition coefficient (Wildman–Crippen LogP) is 1.36. The largest absolute Gasteiger partial charge is 0.485 e. The van der Waals surface area contributed by atoms with Crippen LogP contribution in [0.5, 0.6) is 5.75 Å². The van der Waals surface area contributed by atoms with Gasteiger partial charge in [-0.15, -0.1) is 0 Å². The minimum atomic E-state index is -4.90. The molecule has 1 aliphatic heterocycles. The molecule has 0 spiro atoms. The van der Waals surface area contributed by atoms with Crippen molar-refractivity contribution >= 4 is 11.9 Å². The SMILES string of the molecule is CC[C@@H](COCCC(=O)N1CCN(c2ncc(C#N)cn2)CC1)Oc1cn[nH]c(=O)c1C(F)(F)F. The van der Waals surface area contributed by atoms with E-state index in [1.54, 1.807) is 16.9 Å². The van der Waals surface area contributed by atoms with Crippen molar-refractivity contribution in [2.45, 2.75) is 32.0 Å². The van der Waals surface area contributed by atoms with Gasteiger partial charge in [0.15, 0.2) is 11.3 Å². The Kier molecular flexibility index (Phi) is 8.58. The molecule has 0 aliphatic carbocycles. The first-order valence-corrected chi connectivity index (χ1v) is 10.9. The topological polar surface area (TPSA) is 137 Å². The van der Waals surface area contributed by atoms with Crippen LogP contribution < -0.4 is 15.2 Å². The van der Waals surface area contributed by atoms with Crippen LogP contribution in [0.3, 0.4) is 0 Å². The average molecular weight is 495 g/mol. The second kappa shape index (κ2) is 11.6. The average Bonchev–Trinajstić information content (AvgIpc) is 2.85. The minimum Gasteiger partial charge on any atom is -0.485 e. The van der Waals surface area contributed by atoms with Gasteiger partial charge in [-0.1, -0.05) is 6.92 Å². The van der Waals surface area contributed by atoms with Gasteiger partial charge >= 0.3 is 6.18 Å². The normalized spacial score (nSPS) is 14.9. The Morgan fingerprint density at radius 1 is 1.23 bits per heavy atom. The third-order valence-corrected chi connectivity index (χ3v) is 5.30. The van der Waals surface area contributed by atoms with Crippen molar-refractivity contribution in [1.29, 1.82) is 5.26 Å². The number of carbonyl (C=O) groups is 1. The molecule has 1 N–H and O–H groups in total. The molecule has 188 valence electrons. The van der Waals surface area contributed by atoms with Crippen molar-refractivity contribution < 1.29 is 27.4 Å². The molecule has 3 rings (SSSR count). The predicted molar refractivity (Wildman–Crippen MR) is 116 cm³/mol. The number of ether oxygens (including phenoxy) is 2. The van der Waals surface area contributed by atoms with Crippen molar-refractivity contribution in [2.24, 2.45) is 0 Å². The number of aromatic nitrogens is 4. The number of aromatic amines is 1. The first-order chi connectivity index (χ1) is 16.7. The van der Waals surface area contributed by atoms with Crippen LogP contribution in [0.2, 0.25) is 0 Å². The molecule has 14 heteroatoms. The summed E-state index contributed by atoms with van der Waals surface area (Å²) < 4.78 is 50.3. The van der Waals surface area contributed by atoms with Gasteiger partial charge in [-0.3, -0.25) is 9.59 Å². The molecule has 0 radical (unpaired) electrons. The van der Waals surface area contributed by atoms with E-state index in [9.17, 15) is 22.8 Å². The summed E-state index contributed by atoms with van der Waals surface area (Å²) in [6.45, 7) is 3.72. The van der Waals surface area contributed by atoms with Crippen LogP contribution in [0.15, 0.2) is 23.4 Å². The van der Waals surface area contributed by atoms with Crippen molar-refractivity contribution in [3.63, 3.8) is 0 Å². The number of amides is 1. The molecular weight excluding hydrogens is 471 g/mol. The summed E-state index contributed by atoms with van der Waals surface area (Å²) in [5.74, 6) is -0.288. The quantitative estimate of drug-likeness (QED) is 0.511. The van der Waals surface area contributed by atoms with E-state index in [1.807, 2.05) is 11.0 Å². The highest BCUT2D eigenvalue weighted by atomic mass is 19.4. The lowest BCUT2D eigenvalue weighted by atomic mass is 10.2. The number of hydrogen-bond acceptors (Lipinski definition) is 9. The van der Waals surface area contributed by atoms with E-state index < -0.39 is 29.2 Å². The van der Waals surface area contributed by atoms with Crippen LogP contribution in [-0.2, 0) is 15.7 Å². The van der Waals surface area contributed by atoms with Gasteiger partial charge in [0.1, 0.15) is 12.2 Å². The summed E-state index contributed by atoms with van der Waals surface area (Å²) in [7, 11) is 0. The van der Waals surface area contributed by atoms with E-state index in [0.29, 0.717) is 44.1 Å². The molecule has 1 atom stereocenters. The maximum absolute atomic E-state index is 13.2. The van der Waals surface area contributed by atoms with Crippen LogP contribution in [0.25, 0.3) is 0 Å². The number of nitriles is 1. The number of H-pyrrole nitrogens is 1. The Bertz CT molecular complexity index is 1090. The van der Waals surface area contributed by atoms with Crippen LogP contribution in [0.4, 0.5) is 19.1 Å². The summed E-state index contributed by atoms with van der Waals surface area (Å²) in [5, 5.41) is 13.9. The lowest BCUT2D eigenvalue weighted by Crippen LogP contribution is -2.49. The van der Waals surface area contributed by atoms with Crippen molar-refractivity contribution in [2.75, 3.05) is 44.3 Å². The maximum atomic E-state index is 13.2. The van der Waals surface area contributed by atoms with Gasteiger partial charge < -0.3 is 19.3 Å². The van der Waals surface area contributed by atoms with Gasteiger partial charge in [0.05, 0.1) is 43.8 Å². The summed E-state index contributed by atoms with van der Waals surface area (Å²) in [6, 6.07) is 1.96. The molecular formula is C21H24F3N7O4. The monoisotopic (exact) mass is 495 g/mol.